The number of nitrogens with one attached hydrogen (secondary N) is 1. The Balaban J connectivity index is 1.70. The monoisotopic (exact) mass is 346 g/mol. The summed E-state index contributed by atoms with van der Waals surface area (Å²) >= 11 is 0. The second-order valence-corrected chi connectivity index (χ2v) is 6.57. The van der Waals surface area contributed by atoms with Gasteiger partial charge in [0.25, 0.3) is 5.91 Å². The Labute approximate surface area is 153 Å². The number of hydrogen-bond acceptors (Lipinski definition) is 2. The summed E-state index contributed by atoms with van der Waals surface area (Å²) in [5.41, 5.74) is 5.24. The van der Waals surface area contributed by atoms with Crippen molar-refractivity contribution < 1.29 is 9.53 Å². The van der Waals surface area contributed by atoms with Crippen LogP contribution < -0.4 is 4.74 Å². The lowest BCUT2D eigenvalue weighted by Crippen LogP contribution is -2.34. The largest absolute Gasteiger partial charge is 0.497 e. The Kier molecular flexibility index (Phi) is 4.25. The number of aromatic nitrogens is 1. The normalized spacial score (nSPS) is 16.0. The van der Waals surface area contributed by atoms with E-state index >= 15 is 0 Å². The van der Waals surface area contributed by atoms with E-state index in [1.54, 1.807) is 7.11 Å². The first kappa shape index (κ1) is 16.5. The molecular weight excluding hydrogens is 324 g/mol. The Morgan fingerprint density at radius 2 is 2.00 bits per heavy atom. The molecule has 1 aliphatic heterocycles. The number of H-pyrrole nitrogens is 1. The molecular formula is C22H22N2O2. The molecule has 0 radical (unpaired) electrons. The summed E-state index contributed by atoms with van der Waals surface area (Å²) in [6.07, 6.45) is 4.85. The van der Waals surface area contributed by atoms with E-state index < -0.39 is 0 Å². The van der Waals surface area contributed by atoms with Crippen molar-refractivity contribution in [2.24, 2.45) is 0 Å². The molecule has 3 aromatic rings. The van der Waals surface area contributed by atoms with Gasteiger partial charge in [0.2, 0.25) is 0 Å². The van der Waals surface area contributed by atoms with Crippen LogP contribution in [-0.4, -0.2) is 29.4 Å². The molecule has 0 unspecified atom stereocenters. The molecule has 0 fully saturated rings. The van der Waals surface area contributed by atoms with Crippen LogP contribution in [0.25, 0.3) is 16.5 Å². The zero-order valence-corrected chi connectivity index (χ0v) is 15.1. The summed E-state index contributed by atoms with van der Waals surface area (Å²) in [5, 5.41) is 1.18. The second-order valence-electron chi connectivity index (χ2n) is 6.57. The number of aromatic amines is 1. The topological polar surface area (TPSA) is 45.3 Å². The Hall–Kier alpha value is -3.01. The third kappa shape index (κ3) is 2.77. The third-order valence-corrected chi connectivity index (χ3v) is 5.07. The second kappa shape index (κ2) is 6.71. The van der Waals surface area contributed by atoms with Crippen molar-refractivity contribution in [1.29, 1.82) is 0 Å². The zero-order valence-electron chi connectivity index (χ0n) is 15.1. The van der Waals surface area contributed by atoms with Crippen molar-refractivity contribution in [3.8, 4) is 5.75 Å². The van der Waals surface area contributed by atoms with Gasteiger partial charge in [0, 0.05) is 35.8 Å². The van der Waals surface area contributed by atoms with E-state index in [9.17, 15) is 4.79 Å². The minimum absolute atomic E-state index is 0.0858. The van der Waals surface area contributed by atoms with Crippen molar-refractivity contribution in [1.82, 2.24) is 9.88 Å². The molecule has 0 aliphatic carbocycles. The molecule has 4 nitrogen and oxygen atoms in total. The number of nitrogens with zero attached hydrogens (tertiary/aromatic N) is 1. The average molecular weight is 346 g/mol. The lowest BCUT2D eigenvalue weighted by Gasteiger charge is -2.27. The van der Waals surface area contributed by atoms with E-state index in [4.69, 9.17) is 4.74 Å². The lowest BCUT2D eigenvalue weighted by atomic mass is 9.94. The van der Waals surface area contributed by atoms with Gasteiger partial charge in [-0.2, -0.15) is 0 Å². The Bertz CT molecular complexity index is 983. The highest BCUT2D eigenvalue weighted by Gasteiger charge is 2.25. The molecule has 4 heteroatoms. The first-order chi connectivity index (χ1) is 12.7. The first-order valence-electron chi connectivity index (χ1n) is 8.89. The van der Waals surface area contributed by atoms with E-state index in [1.165, 1.54) is 10.9 Å². The predicted molar refractivity (Wildman–Crippen MR) is 104 cm³/mol. The van der Waals surface area contributed by atoms with Crippen molar-refractivity contribution in [3.05, 3.63) is 71.4 Å². The molecule has 1 N–H and O–H groups in total. The van der Waals surface area contributed by atoms with Gasteiger partial charge in [0.05, 0.1) is 7.11 Å². The predicted octanol–water partition coefficient (Wildman–Crippen LogP) is 4.16. The Morgan fingerprint density at radius 1 is 1.19 bits per heavy atom. The minimum atomic E-state index is 0.0858. The smallest absolute Gasteiger partial charge is 0.254 e. The van der Waals surface area contributed by atoms with Gasteiger partial charge < -0.3 is 14.6 Å². The first-order valence-corrected chi connectivity index (χ1v) is 8.89. The van der Waals surface area contributed by atoms with Gasteiger partial charge in [0.1, 0.15) is 5.75 Å². The van der Waals surface area contributed by atoms with Crippen LogP contribution in [0.3, 0.4) is 0 Å². The highest BCUT2D eigenvalue weighted by Crippen LogP contribution is 2.32. The number of rotatable bonds is 3. The van der Waals surface area contributed by atoms with Crippen molar-refractivity contribution in [2.75, 3.05) is 13.7 Å². The van der Waals surface area contributed by atoms with E-state index in [0.717, 1.165) is 34.4 Å². The van der Waals surface area contributed by atoms with Gasteiger partial charge in [-0.1, -0.05) is 30.3 Å². The van der Waals surface area contributed by atoms with Crippen LogP contribution >= 0.6 is 0 Å². The van der Waals surface area contributed by atoms with Gasteiger partial charge in [-0.25, -0.2) is 0 Å². The van der Waals surface area contributed by atoms with Crippen LogP contribution in [0, 0.1) is 0 Å². The number of ether oxygens (including phenoxy) is 1. The molecule has 1 aromatic heterocycles. The molecule has 4 rings (SSSR count). The summed E-state index contributed by atoms with van der Waals surface area (Å²) in [5.74, 6) is 0.910. The number of methoxy groups -OCH3 is 1. The van der Waals surface area contributed by atoms with Crippen LogP contribution in [0.1, 0.15) is 23.6 Å². The summed E-state index contributed by atoms with van der Waals surface area (Å²) in [6, 6.07) is 14.0. The molecule has 26 heavy (non-hydrogen) atoms. The van der Waals surface area contributed by atoms with Crippen LogP contribution in [-0.2, 0) is 17.8 Å². The SMILES string of the molecule is C/C=C1\C(=O)N(Cc2ccc(OC)cc2)CCc2c[nH]c3cccc1c23. The van der Waals surface area contributed by atoms with E-state index in [0.29, 0.717) is 13.1 Å². The van der Waals surface area contributed by atoms with Gasteiger partial charge >= 0.3 is 0 Å². The summed E-state index contributed by atoms with van der Waals surface area (Å²) in [7, 11) is 1.66. The van der Waals surface area contributed by atoms with Gasteiger partial charge in [0.15, 0.2) is 0 Å². The standard InChI is InChI=1S/C22H22N2O2/c1-3-18-19-5-4-6-20-21(19)16(13-23-20)11-12-24(22(18)25)14-15-7-9-17(26-2)10-8-15/h3-10,13,23H,11-12,14H2,1-2H3/b18-3-. The summed E-state index contributed by atoms with van der Waals surface area (Å²) < 4.78 is 5.22. The average Bonchev–Trinajstić information content (AvgIpc) is 3.09. The minimum Gasteiger partial charge on any atom is -0.497 e. The molecule has 132 valence electrons. The number of carbonyl (C=O) groups excluding carboxylic acids is 1. The number of benzene rings is 2. The van der Waals surface area contributed by atoms with Crippen LogP contribution in [0.15, 0.2) is 54.7 Å². The molecule has 2 aromatic carbocycles. The van der Waals surface area contributed by atoms with Gasteiger partial charge in [-0.05, 0) is 48.2 Å². The van der Waals surface area contributed by atoms with E-state index in [1.807, 2.05) is 54.3 Å². The molecule has 0 bridgehead atoms. The fraction of sp³-hybridized carbons (Fsp3) is 0.227. The molecule has 0 atom stereocenters. The van der Waals surface area contributed by atoms with E-state index in [2.05, 4.69) is 17.2 Å². The fourth-order valence-electron chi connectivity index (χ4n) is 3.70. The summed E-state index contributed by atoms with van der Waals surface area (Å²) in [4.78, 5) is 18.5. The quantitative estimate of drug-likeness (QED) is 0.724. The molecule has 0 saturated heterocycles. The molecule has 0 spiro atoms. The van der Waals surface area contributed by atoms with Crippen LogP contribution in [0.2, 0.25) is 0 Å². The van der Waals surface area contributed by atoms with Gasteiger partial charge in [-0.3, -0.25) is 4.79 Å². The fourth-order valence-corrected chi connectivity index (χ4v) is 3.70. The van der Waals surface area contributed by atoms with Crippen molar-refractivity contribution >= 4 is 22.4 Å². The maximum absolute atomic E-state index is 13.3. The maximum Gasteiger partial charge on any atom is 0.254 e. The lowest BCUT2D eigenvalue weighted by molar-refractivity contribution is -0.125. The zero-order chi connectivity index (χ0) is 18.1. The molecule has 1 aliphatic rings. The highest BCUT2D eigenvalue weighted by atomic mass is 16.5. The highest BCUT2D eigenvalue weighted by molar-refractivity contribution is 6.23. The van der Waals surface area contributed by atoms with E-state index in [-0.39, 0.29) is 5.91 Å². The molecule has 2 heterocycles. The Morgan fingerprint density at radius 3 is 2.73 bits per heavy atom. The number of hydrogen-bond donors (Lipinski definition) is 1. The number of allylic oxidation sites excluding steroid dienone is 1. The van der Waals surface area contributed by atoms with Crippen LogP contribution in [0.4, 0.5) is 0 Å². The number of amides is 1. The van der Waals surface area contributed by atoms with Crippen molar-refractivity contribution in [2.45, 2.75) is 19.9 Å². The van der Waals surface area contributed by atoms with Crippen molar-refractivity contribution in [3.63, 3.8) is 0 Å². The number of carbonyl (C=O) groups is 1. The maximum atomic E-state index is 13.3. The van der Waals surface area contributed by atoms with Crippen LogP contribution in [0.5, 0.6) is 5.75 Å². The molecule has 1 amide bonds. The third-order valence-electron chi connectivity index (χ3n) is 5.07. The molecule has 0 saturated carbocycles. The van der Waals surface area contributed by atoms with Gasteiger partial charge in [-0.15, -0.1) is 0 Å². The summed E-state index contributed by atoms with van der Waals surface area (Å²) in [6.45, 7) is 3.23.